The van der Waals surface area contributed by atoms with E-state index in [2.05, 4.69) is 0 Å². The van der Waals surface area contributed by atoms with E-state index in [0.29, 0.717) is 5.97 Å². The van der Waals surface area contributed by atoms with E-state index in [0.717, 1.165) is 0 Å². The predicted molar refractivity (Wildman–Crippen MR) is 33.2 cm³/mol. The Balaban J connectivity index is 0. The first-order valence-electron chi connectivity index (χ1n) is 2.29. The molecule has 0 bridgehead atoms. The van der Waals surface area contributed by atoms with Gasteiger partial charge in [0, 0.05) is 0 Å². The normalized spacial score (nSPS) is 7.22. The molecule has 0 amide bonds. The first kappa shape index (κ1) is 11.2. The molecule has 9 heavy (non-hydrogen) atoms. The molecule has 0 saturated heterocycles. The van der Waals surface area contributed by atoms with Crippen LogP contribution in [0, 0.1) is 11.2 Å². The first-order valence-corrected chi connectivity index (χ1v) is 2.29. The van der Waals surface area contributed by atoms with Crippen LogP contribution < -0.4 is 0 Å². The smallest absolute Gasteiger partial charge is 0.312 e. The third-order valence-electron chi connectivity index (χ3n) is 0.0976. The Labute approximate surface area is 54.2 Å². The molecule has 0 unspecified atom stereocenters. The van der Waals surface area contributed by atoms with Crippen molar-refractivity contribution in [1.82, 2.24) is 4.90 Å². The van der Waals surface area contributed by atoms with E-state index in [4.69, 9.17) is 5.26 Å². The molecule has 0 fully saturated rings. The van der Waals surface area contributed by atoms with E-state index < -0.39 is 7.27 Å². The Morgan fingerprint density at radius 1 is 1.33 bits per heavy atom. The zero-order chi connectivity index (χ0) is 7.86. The third kappa shape index (κ3) is 113. The summed E-state index contributed by atoms with van der Waals surface area (Å²) in [6.07, 6.45) is 0. The largest absolute Gasteiger partial charge is 0.655 e. The van der Waals surface area contributed by atoms with E-state index in [9.17, 15) is 8.63 Å². The van der Waals surface area contributed by atoms with Gasteiger partial charge < -0.3 is 4.90 Å². The summed E-state index contributed by atoms with van der Waals surface area (Å²) in [6, 6.07) is 0. The number of rotatable bonds is 0. The molecule has 0 N–H and O–H groups in total. The summed E-state index contributed by atoms with van der Waals surface area (Å²) in [6.45, 7) is 0. The summed E-state index contributed by atoms with van der Waals surface area (Å²) < 4.78 is 20.8. The van der Waals surface area contributed by atoms with Crippen LogP contribution in [0.15, 0.2) is 0 Å². The molecule has 0 aliphatic rings. The summed E-state index contributed by atoms with van der Waals surface area (Å²) in [7, 11) is 3.19. The number of hydrogen-bond donors (Lipinski definition) is 0. The van der Waals surface area contributed by atoms with Gasteiger partial charge in [-0.15, -0.1) is 0 Å². The lowest BCUT2D eigenvalue weighted by Gasteiger charge is -1.90. The lowest BCUT2D eigenvalue weighted by molar-refractivity contribution is 0.505. The SMILES string of the molecule is CN(C)C.N#CB(F)F. The lowest BCUT2D eigenvalue weighted by Crippen LogP contribution is -1.99. The molecule has 5 heteroatoms. The first-order chi connectivity index (χ1) is 4.00. The van der Waals surface area contributed by atoms with Crippen molar-refractivity contribution in [2.75, 3.05) is 21.1 Å². The van der Waals surface area contributed by atoms with Gasteiger partial charge in [-0.3, -0.25) is 8.63 Å². The topological polar surface area (TPSA) is 27.0 Å². The predicted octanol–water partition coefficient (Wildman–Crippen LogP) is 0.654. The maximum absolute atomic E-state index is 10.4. The van der Waals surface area contributed by atoms with Crippen molar-refractivity contribution in [3.8, 4) is 5.97 Å². The average Bonchev–Trinajstić information content (AvgIpc) is 1.65. The Bertz CT molecular complexity index is 86.3. The molecule has 0 aliphatic carbocycles. The molecule has 52 valence electrons. The fourth-order valence-electron chi connectivity index (χ4n) is 0. The van der Waals surface area contributed by atoms with Crippen molar-refractivity contribution < 1.29 is 8.63 Å². The standard InChI is InChI=1S/C3H9N.CBF2N/c1-4(2)3;3-2(4)1-5/h1-3H3;. The van der Waals surface area contributed by atoms with Gasteiger partial charge >= 0.3 is 7.27 Å². The summed E-state index contributed by atoms with van der Waals surface area (Å²) in [5.74, 6) is 0.694. The van der Waals surface area contributed by atoms with Gasteiger partial charge in [-0.1, -0.05) is 0 Å². The van der Waals surface area contributed by atoms with E-state index in [-0.39, 0.29) is 0 Å². The van der Waals surface area contributed by atoms with E-state index in [1.54, 1.807) is 0 Å². The second-order valence-corrected chi connectivity index (χ2v) is 1.77. The number of nitriles is 1. The highest BCUT2D eigenvalue weighted by molar-refractivity contribution is 6.52. The minimum atomic E-state index is -2.81. The fraction of sp³-hybridized carbons (Fsp3) is 0.750. The van der Waals surface area contributed by atoms with E-state index >= 15 is 0 Å². The second kappa shape index (κ2) is 7.37. The van der Waals surface area contributed by atoms with Gasteiger partial charge in [-0.25, -0.2) is 5.26 Å². The molecule has 0 spiro atoms. The highest BCUT2D eigenvalue weighted by atomic mass is 19.2. The molecule has 0 aromatic carbocycles. The maximum atomic E-state index is 10.4. The lowest BCUT2D eigenvalue weighted by atomic mass is 10.1. The molecule has 0 aliphatic heterocycles. The van der Waals surface area contributed by atoms with Crippen molar-refractivity contribution >= 4 is 7.27 Å². The number of halogens is 2. The quantitative estimate of drug-likeness (QED) is 0.455. The van der Waals surface area contributed by atoms with Crippen molar-refractivity contribution in [1.29, 1.82) is 5.26 Å². The monoisotopic (exact) mass is 134 g/mol. The molecule has 0 rings (SSSR count). The van der Waals surface area contributed by atoms with Crippen LogP contribution in [0.4, 0.5) is 8.63 Å². The van der Waals surface area contributed by atoms with Gasteiger partial charge in [-0.05, 0) is 21.1 Å². The Morgan fingerprint density at radius 2 is 1.44 bits per heavy atom. The maximum Gasteiger partial charge on any atom is 0.655 e. The van der Waals surface area contributed by atoms with E-state index in [1.165, 1.54) is 0 Å². The average molecular weight is 134 g/mol. The van der Waals surface area contributed by atoms with E-state index in [1.807, 2.05) is 26.0 Å². The van der Waals surface area contributed by atoms with Gasteiger partial charge in [0.2, 0.25) is 0 Å². The van der Waals surface area contributed by atoms with Gasteiger partial charge in [0.25, 0.3) is 0 Å². The van der Waals surface area contributed by atoms with Crippen molar-refractivity contribution in [3.63, 3.8) is 0 Å². The van der Waals surface area contributed by atoms with Gasteiger partial charge in [0.15, 0.2) is 0 Å². The van der Waals surface area contributed by atoms with Crippen LogP contribution >= 0.6 is 0 Å². The van der Waals surface area contributed by atoms with Gasteiger partial charge in [0.1, 0.15) is 0 Å². The zero-order valence-electron chi connectivity index (χ0n) is 5.73. The molecular formula is C4H9BF2N2. The fourth-order valence-corrected chi connectivity index (χ4v) is 0. The van der Waals surface area contributed by atoms with Crippen molar-refractivity contribution in [2.45, 2.75) is 0 Å². The molecule has 0 heterocycles. The van der Waals surface area contributed by atoms with Gasteiger partial charge in [-0.2, -0.15) is 0 Å². The minimum Gasteiger partial charge on any atom is -0.312 e. The highest BCUT2D eigenvalue weighted by Crippen LogP contribution is 1.76. The van der Waals surface area contributed by atoms with Crippen LogP contribution in [0.1, 0.15) is 0 Å². The van der Waals surface area contributed by atoms with Crippen LogP contribution in [0.3, 0.4) is 0 Å². The summed E-state index contributed by atoms with van der Waals surface area (Å²) in [5.41, 5.74) is 0. The molecule has 0 radical (unpaired) electrons. The molecule has 0 atom stereocenters. The molecule has 0 aromatic rings. The second-order valence-electron chi connectivity index (χ2n) is 1.77. The zero-order valence-corrected chi connectivity index (χ0v) is 5.73. The molecule has 2 nitrogen and oxygen atoms in total. The number of hydrogen-bond acceptors (Lipinski definition) is 2. The molecular weight excluding hydrogens is 125 g/mol. The Kier molecular flexibility index (Phi) is 9.18. The summed E-state index contributed by atoms with van der Waals surface area (Å²) in [5, 5.41) is 7.14. The van der Waals surface area contributed by atoms with Gasteiger partial charge in [0.05, 0.1) is 5.97 Å². The van der Waals surface area contributed by atoms with Crippen LogP contribution in [-0.4, -0.2) is 33.3 Å². The van der Waals surface area contributed by atoms with Crippen molar-refractivity contribution in [2.24, 2.45) is 0 Å². The number of nitrogens with zero attached hydrogens (tertiary/aromatic N) is 2. The third-order valence-corrected chi connectivity index (χ3v) is 0.0976. The van der Waals surface area contributed by atoms with Crippen molar-refractivity contribution in [3.05, 3.63) is 0 Å². The Morgan fingerprint density at radius 3 is 1.44 bits per heavy atom. The Hall–Kier alpha value is -0.625. The minimum absolute atomic E-state index is 0.694. The molecule has 0 aromatic heterocycles. The highest BCUT2D eigenvalue weighted by Gasteiger charge is 2.06. The van der Waals surface area contributed by atoms with Crippen LogP contribution in [0.25, 0.3) is 0 Å². The summed E-state index contributed by atoms with van der Waals surface area (Å²) in [4.78, 5) is 2.00. The summed E-state index contributed by atoms with van der Waals surface area (Å²) >= 11 is 0. The van der Waals surface area contributed by atoms with Crippen LogP contribution in [0.5, 0.6) is 0 Å². The van der Waals surface area contributed by atoms with Crippen LogP contribution in [0.2, 0.25) is 0 Å². The van der Waals surface area contributed by atoms with Crippen LogP contribution in [-0.2, 0) is 0 Å². The molecule has 0 saturated carbocycles.